The summed E-state index contributed by atoms with van der Waals surface area (Å²) in [6, 6.07) is 0. The van der Waals surface area contributed by atoms with E-state index < -0.39 is 5.97 Å². The van der Waals surface area contributed by atoms with Crippen LogP contribution < -0.4 is 11.1 Å². The van der Waals surface area contributed by atoms with Gasteiger partial charge >= 0.3 is 5.97 Å². The molecule has 0 aromatic heterocycles. The number of amides is 1. The topological polar surface area (TPSA) is 92.4 Å². The van der Waals surface area contributed by atoms with Gasteiger partial charge in [0.2, 0.25) is 5.91 Å². The van der Waals surface area contributed by atoms with E-state index in [0.717, 1.165) is 32.2 Å². The molecule has 0 aliphatic rings. The molecule has 0 heterocycles. The van der Waals surface area contributed by atoms with E-state index in [2.05, 4.69) is 60.7 Å². The van der Waals surface area contributed by atoms with E-state index in [1.165, 1.54) is 0 Å². The summed E-state index contributed by atoms with van der Waals surface area (Å²) in [5.74, 6) is 1.34. The SMILES string of the molecule is CC(C)C(CN)CC(C)(C)C(C)(C)CC(CNC(=O)CCCCCC(=O)O)C(C)C. The molecule has 0 rings (SSSR count). The van der Waals surface area contributed by atoms with Crippen molar-refractivity contribution in [2.75, 3.05) is 13.1 Å². The van der Waals surface area contributed by atoms with Crippen molar-refractivity contribution < 1.29 is 14.7 Å². The second kappa shape index (κ2) is 13.3. The van der Waals surface area contributed by atoms with E-state index in [0.29, 0.717) is 43.1 Å². The average Bonchev–Trinajstić information content (AvgIpc) is 2.61. The van der Waals surface area contributed by atoms with Crippen LogP contribution in [0.3, 0.4) is 0 Å². The number of aliphatic carboxylic acids is 1. The Morgan fingerprint density at radius 3 is 1.73 bits per heavy atom. The van der Waals surface area contributed by atoms with Crippen molar-refractivity contribution in [1.29, 1.82) is 0 Å². The molecular formula is C25H50N2O3. The molecule has 2 unspecified atom stereocenters. The van der Waals surface area contributed by atoms with Crippen molar-refractivity contribution in [3.63, 3.8) is 0 Å². The molecule has 0 aliphatic heterocycles. The highest BCUT2D eigenvalue weighted by atomic mass is 16.4. The number of rotatable bonds is 16. The first-order chi connectivity index (χ1) is 13.7. The molecule has 0 radical (unpaired) electrons. The van der Waals surface area contributed by atoms with Crippen LogP contribution in [0.1, 0.15) is 100 Å². The van der Waals surface area contributed by atoms with Crippen molar-refractivity contribution in [3.05, 3.63) is 0 Å². The van der Waals surface area contributed by atoms with Gasteiger partial charge in [0, 0.05) is 19.4 Å². The van der Waals surface area contributed by atoms with E-state index in [-0.39, 0.29) is 23.2 Å². The van der Waals surface area contributed by atoms with Crippen molar-refractivity contribution in [2.24, 2.45) is 40.2 Å². The molecule has 0 aliphatic carbocycles. The van der Waals surface area contributed by atoms with Crippen molar-refractivity contribution in [3.8, 4) is 0 Å². The molecule has 0 saturated heterocycles. The summed E-state index contributed by atoms with van der Waals surface area (Å²) in [6.07, 6.45) is 5.01. The maximum atomic E-state index is 12.2. The Labute approximate surface area is 186 Å². The Kier molecular flexibility index (Phi) is 12.9. The minimum absolute atomic E-state index is 0.0797. The molecule has 0 spiro atoms. The Morgan fingerprint density at radius 2 is 1.30 bits per heavy atom. The fourth-order valence-corrected chi connectivity index (χ4v) is 4.07. The van der Waals surface area contributed by atoms with Crippen LogP contribution in [0.15, 0.2) is 0 Å². The van der Waals surface area contributed by atoms with Crippen LogP contribution in [-0.2, 0) is 9.59 Å². The van der Waals surface area contributed by atoms with Gasteiger partial charge in [0.05, 0.1) is 0 Å². The van der Waals surface area contributed by atoms with Gasteiger partial charge in [-0.05, 0) is 66.7 Å². The molecule has 0 bridgehead atoms. The summed E-state index contributed by atoms with van der Waals surface area (Å²) in [6.45, 7) is 19.9. The number of hydrogen-bond donors (Lipinski definition) is 3. The van der Waals surface area contributed by atoms with Crippen LogP contribution in [0.4, 0.5) is 0 Å². The van der Waals surface area contributed by atoms with Gasteiger partial charge in [0.1, 0.15) is 0 Å². The smallest absolute Gasteiger partial charge is 0.303 e. The van der Waals surface area contributed by atoms with Crippen LogP contribution in [0.5, 0.6) is 0 Å². The number of unbranched alkanes of at least 4 members (excludes halogenated alkanes) is 2. The fourth-order valence-electron chi connectivity index (χ4n) is 4.07. The number of carbonyl (C=O) groups excluding carboxylic acids is 1. The quantitative estimate of drug-likeness (QED) is 0.285. The molecule has 0 aromatic rings. The lowest BCUT2D eigenvalue weighted by atomic mass is 9.59. The lowest BCUT2D eigenvalue weighted by molar-refractivity contribution is -0.137. The fraction of sp³-hybridized carbons (Fsp3) is 0.920. The number of nitrogens with two attached hydrogens (primary N) is 1. The predicted octanol–water partition coefficient (Wildman–Crippen LogP) is 5.47. The highest BCUT2D eigenvalue weighted by molar-refractivity contribution is 5.75. The first-order valence-electron chi connectivity index (χ1n) is 11.9. The molecule has 4 N–H and O–H groups in total. The maximum Gasteiger partial charge on any atom is 0.303 e. The number of carboxylic acid groups (broad SMARTS) is 1. The monoisotopic (exact) mass is 426 g/mol. The molecule has 5 heteroatoms. The summed E-state index contributed by atoms with van der Waals surface area (Å²) in [4.78, 5) is 22.8. The van der Waals surface area contributed by atoms with E-state index >= 15 is 0 Å². The third-order valence-electron chi connectivity index (χ3n) is 7.42. The predicted molar refractivity (Wildman–Crippen MR) is 126 cm³/mol. The van der Waals surface area contributed by atoms with Crippen LogP contribution in [-0.4, -0.2) is 30.1 Å². The highest BCUT2D eigenvalue weighted by Gasteiger charge is 2.40. The Morgan fingerprint density at radius 1 is 0.833 bits per heavy atom. The summed E-state index contributed by atoms with van der Waals surface area (Å²) in [5, 5.41) is 11.8. The Bertz CT molecular complexity index is 513. The van der Waals surface area contributed by atoms with Crippen molar-refractivity contribution >= 4 is 11.9 Å². The first kappa shape index (κ1) is 28.9. The number of nitrogens with one attached hydrogen (secondary N) is 1. The van der Waals surface area contributed by atoms with Gasteiger partial charge in [0.25, 0.3) is 0 Å². The lowest BCUT2D eigenvalue weighted by Crippen LogP contribution is -2.41. The van der Waals surface area contributed by atoms with Gasteiger partial charge < -0.3 is 16.2 Å². The molecule has 30 heavy (non-hydrogen) atoms. The van der Waals surface area contributed by atoms with Gasteiger partial charge in [-0.25, -0.2) is 0 Å². The third-order valence-corrected chi connectivity index (χ3v) is 7.42. The molecular weight excluding hydrogens is 376 g/mol. The number of hydrogen-bond acceptors (Lipinski definition) is 3. The normalized spacial score (nSPS) is 14.8. The number of carbonyl (C=O) groups is 2. The molecule has 0 fully saturated rings. The van der Waals surface area contributed by atoms with Gasteiger partial charge in [-0.1, -0.05) is 61.8 Å². The first-order valence-corrected chi connectivity index (χ1v) is 11.9. The van der Waals surface area contributed by atoms with Gasteiger partial charge in [-0.2, -0.15) is 0 Å². The zero-order valence-corrected chi connectivity index (χ0v) is 21.0. The second-order valence-corrected chi connectivity index (χ2v) is 11.2. The lowest BCUT2D eigenvalue weighted by Gasteiger charge is -2.47. The average molecular weight is 427 g/mol. The van der Waals surface area contributed by atoms with Crippen molar-refractivity contribution in [2.45, 2.75) is 100 Å². The zero-order chi connectivity index (χ0) is 23.5. The Balaban J connectivity index is 4.74. The minimum atomic E-state index is -0.768. The molecule has 5 nitrogen and oxygen atoms in total. The van der Waals surface area contributed by atoms with Gasteiger partial charge in [0.15, 0.2) is 0 Å². The third kappa shape index (κ3) is 10.8. The summed E-state index contributed by atoms with van der Waals surface area (Å²) < 4.78 is 0. The molecule has 0 aromatic carbocycles. The van der Waals surface area contributed by atoms with E-state index in [1.807, 2.05) is 0 Å². The minimum Gasteiger partial charge on any atom is -0.481 e. The van der Waals surface area contributed by atoms with E-state index in [1.54, 1.807) is 0 Å². The summed E-state index contributed by atoms with van der Waals surface area (Å²) in [5.41, 5.74) is 6.34. The van der Waals surface area contributed by atoms with E-state index in [4.69, 9.17) is 10.8 Å². The van der Waals surface area contributed by atoms with Crippen LogP contribution in [0.25, 0.3) is 0 Å². The maximum absolute atomic E-state index is 12.2. The summed E-state index contributed by atoms with van der Waals surface area (Å²) >= 11 is 0. The Hall–Kier alpha value is -1.10. The van der Waals surface area contributed by atoms with Crippen molar-refractivity contribution in [1.82, 2.24) is 5.32 Å². The van der Waals surface area contributed by atoms with Crippen LogP contribution >= 0.6 is 0 Å². The number of carboxylic acids is 1. The molecule has 1 amide bonds. The van der Waals surface area contributed by atoms with Gasteiger partial charge in [-0.3, -0.25) is 9.59 Å². The molecule has 2 atom stereocenters. The van der Waals surface area contributed by atoms with Crippen LogP contribution in [0, 0.1) is 34.5 Å². The zero-order valence-electron chi connectivity index (χ0n) is 21.0. The standard InChI is InChI=1S/C25H50N2O3/c1-18(2)20(16-26)14-24(5,6)25(7,8)15-21(19(3)4)17-27-22(28)12-10-9-11-13-23(29)30/h18-21H,9-17,26H2,1-8H3,(H,27,28)(H,29,30). The second-order valence-electron chi connectivity index (χ2n) is 11.2. The van der Waals surface area contributed by atoms with E-state index in [9.17, 15) is 9.59 Å². The molecule has 0 saturated carbocycles. The van der Waals surface area contributed by atoms with Gasteiger partial charge in [-0.15, -0.1) is 0 Å². The van der Waals surface area contributed by atoms with Crippen LogP contribution in [0.2, 0.25) is 0 Å². The highest BCUT2D eigenvalue weighted by Crippen LogP contribution is 2.48. The summed E-state index contributed by atoms with van der Waals surface area (Å²) in [7, 11) is 0. The largest absolute Gasteiger partial charge is 0.481 e. The molecule has 178 valence electrons.